The van der Waals surface area contributed by atoms with Crippen molar-refractivity contribution < 1.29 is 33.4 Å². The highest BCUT2D eigenvalue weighted by atomic mass is 35.5. The van der Waals surface area contributed by atoms with Gasteiger partial charge in [0, 0.05) is 36.4 Å². The van der Waals surface area contributed by atoms with Gasteiger partial charge < -0.3 is 19.3 Å². The van der Waals surface area contributed by atoms with E-state index in [-0.39, 0.29) is 47.2 Å². The highest BCUT2D eigenvalue weighted by Gasteiger charge is 2.39. The number of imide groups is 1. The molecule has 1 aliphatic heterocycles. The van der Waals surface area contributed by atoms with E-state index in [1.807, 2.05) is 26.0 Å². The number of carbonyl (C=O) groups excluding carboxylic acids is 5. The van der Waals surface area contributed by atoms with Crippen LogP contribution < -0.4 is 9.80 Å². The molecule has 0 spiro atoms. The largest absolute Gasteiger partial charge is 0.462 e. The number of alkyl halides is 3. The van der Waals surface area contributed by atoms with Crippen molar-refractivity contribution in [1.82, 2.24) is 4.90 Å². The second kappa shape index (κ2) is 25.0. The molecule has 2 aromatic carbocycles. The molecule has 0 saturated heterocycles. The fourth-order valence-corrected chi connectivity index (χ4v) is 6.92. The number of halogens is 5. The van der Waals surface area contributed by atoms with Crippen LogP contribution in [0.2, 0.25) is 5.02 Å². The van der Waals surface area contributed by atoms with Gasteiger partial charge in [0.15, 0.2) is 4.84 Å². The molecule has 0 bridgehead atoms. The van der Waals surface area contributed by atoms with Crippen LogP contribution in [0.15, 0.2) is 77.9 Å². The first-order chi connectivity index (χ1) is 27.1. The Hall–Kier alpha value is -3.64. The number of aryl methyl sites for hydroxylation is 2. The maximum atomic E-state index is 12.7. The Bertz CT molecular complexity index is 1810. The van der Waals surface area contributed by atoms with Crippen molar-refractivity contribution in [3.8, 4) is 0 Å². The van der Waals surface area contributed by atoms with Gasteiger partial charge in [-0.2, -0.15) is 0 Å². The Kier molecular flexibility index (Phi) is 21.7. The SMILES string of the molecule is C=CCN(CC=C)C(=O)C(Cl)Cl.CCOC(=O)/C(Cl)=C/c1cc(N2C(=O)C3=C(CCCC3)C2=O)ccc1Cl.CCc1cccc(C)c1N(C(=O)CCl)C(C)COC. The second-order valence-corrected chi connectivity index (χ2v) is 15.0. The number of para-hydroxylation sites is 1. The molecule has 2 aliphatic rings. The van der Waals surface area contributed by atoms with Gasteiger partial charge in [0.05, 0.1) is 30.6 Å². The summed E-state index contributed by atoms with van der Waals surface area (Å²) in [5, 5.41) is 0.204. The Morgan fingerprint density at radius 3 is 2.07 bits per heavy atom. The van der Waals surface area contributed by atoms with Gasteiger partial charge in [0.2, 0.25) is 5.91 Å². The fourth-order valence-electron chi connectivity index (χ4n) is 6.18. The lowest BCUT2D eigenvalue weighted by molar-refractivity contribution is -0.137. The minimum absolute atomic E-state index is 0.0223. The zero-order valence-corrected chi connectivity index (χ0v) is 36.7. The van der Waals surface area contributed by atoms with Crippen LogP contribution in [0.25, 0.3) is 6.08 Å². The fraction of sp³-hybridized carbons (Fsp3) is 0.405. The molecule has 15 heteroatoms. The number of ether oxygens (including phenoxy) is 2. The number of benzene rings is 2. The Morgan fingerprint density at radius 1 is 0.982 bits per heavy atom. The number of esters is 1. The summed E-state index contributed by atoms with van der Waals surface area (Å²) < 4.78 is 10.0. The average Bonchev–Trinajstić information content (AvgIpc) is 3.45. The summed E-state index contributed by atoms with van der Waals surface area (Å²) >= 11 is 28.7. The minimum Gasteiger partial charge on any atom is -0.462 e. The van der Waals surface area contributed by atoms with E-state index in [4.69, 9.17) is 67.5 Å². The van der Waals surface area contributed by atoms with Crippen LogP contribution in [0.1, 0.15) is 63.1 Å². The van der Waals surface area contributed by atoms with Crippen molar-refractivity contribution in [3.05, 3.63) is 99.6 Å². The Labute approximate surface area is 361 Å². The zero-order valence-electron chi connectivity index (χ0n) is 32.9. The summed E-state index contributed by atoms with van der Waals surface area (Å²) in [5.41, 5.74) is 5.25. The van der Waals surface area contributed by atoms with E-state index < -0.39 is 10.8 Å². The first-order valence-electron chi connectivity index (χ1n) is 18.3. The third kappa shape index (κ3) is 13.7. The number of amides is 4. The quantitative estimate of drug-likeness (QED) is 0.0576. The number of hydrogen-bond acceptors (Lipinski definition) is 7. The van der Waals surface area contributed by atoms with E-state index in [1.54, 1.807) is 49.3 Å². The van der Waals surface area contributed by atoms with Gasteiger partial charge in [-0.25, -0.2) is 9.69 Å². The van der Waals surface area contributed by atoms with Crippen molar-refractivity contribution in [2.75, 3.05) is 49.1 Å². The van der Waals surface area contributed by atoms with Crippen LogP contribution in [-0.4, -0.2) is 84.7 Å². The van der Waals surface area contributed by atoms with Crippen molar-refractivity contribution in [1.29, 1.82) is 0 Å². The van der Waals surface area contributed by atoms with Gasteiger partial charge in [-0.3, -0.25) is 19.2 Å². The number of methoxy groups -OCH3 is 1. The maximum absolute atomic E-state index is 12.7. The van der Waals surface area contributed by atoms with Crippen molar-refractivity contribution in [3.63, 3.8) is 0 Å². The lowest BCUT2D eigenvalue weighted by atomic mass is 9.93. The molecule has 1 atom stereocenters. The number of rotatable bonds is 15. The molecular formula is C42H50Cl5N3O7. The molecule has 0 aromatic heterocycles. The molecule has 310 valence electrons. The Morgan fingerprint density at radius 2 is 1.58 bits per heavy atom. The normalized spacial score (nSPS) is 14.2. The van der Waals surface area contributed by atoms with E-state index in [9.17, 15) is 24.0 Å². The third-order valence-electron chi connectivity index (χ3n) is 8.75. The van der Waals surface area contributed by atoms with Crippen LogP contribution in [0, 0.1) is 6.92 Å². The summed E-state index contributed by atoms with van der Waals surface area (Å²) in [6.45, 7) is 16.3. The molecule has 4 rings (SSSR count). The predicted molar refractivity (Wildman–Crippen MR) is 232 cm³/mol. The Balaban J connectivity index is 0.000000319. The molecular weight excluding hydrogens is 836 g/mol. The van der Waals surface area contributed by atoms with Gasteiger partial charge in [0.1, 0.15) is 10.9 Å². The van der Waals surface area contributed by atoms with Crippen LogP contribution >= 0.6 is 58.0 Å². The van der Waals surface area contributed by atoms with E-state index >= 15 is 0 Å². The topological polar surface area (TPSA) is 114 Å². The molecule has 57 heavy (non-hydrogen) atoms. The van der Waals surface area contributed by atoms with E-state index in [0.29, 0.717) is 60.0 Å². The molecule has 10 nitrogen and oxygen atoms in total. The first kappa shape index (κ1) is 49.5. The van der Waals surface area contributed by atoms with Crippen LogP contribution in [0.5, 0.6) is 0 Å². The standard InChI is InChI=1S/C19H17Cl2NO4.C15H22ClNO2.C8H11Cl2NO/c1-2-26-19(25)16(21)10-11-9-12(7-8-15(11)20)22-17(23)13-5-3-4-6-14(13)18(22)24;1-5-13-8-6-7-11(2)15(13)17(14(18)9-16)12(3)10-19-4;1-3-5-11(6-4-2)8(12)7(9)10/h7-10H,2-6H2,1H3;6-8,12H,5,9-10H2,1-4H3;3-4,7H,1-2,5-6H2/b16-10-;;. The van der Waals surface area contributed by atoms with Crippen LogP contribution in [0.4, 0.5) is 11.4 Å². The van der Waals surface area contributed by atoms with Gasteiger partial charge in [-0.05, 0) is 93.8 Å². The average molecular weight is 886 g/mol. The first-order valence-corrected chi connectivity index (χ1v) is 20.5. The molecule has 2 aromatic rings. The molecule has 0 radical (unpaired) electrons. The van der Waals surface area contributed by atoms with E-state index in [0.717, 1.165) is 36.1 Å². The summed E-state index contributed by atoms with van der Waals surface area (Å²) in [6.07, 6.45) is 8.55. The van der Waals surface area contributed by atoms with Gasteiger partial charge in [-0.15, -0.1) is 24.8 Å². The maximum Gasteiger partial charge on any atom is 0.349 e. The number of nitrogens with zero attached hydrogens (tertiary/aromatic N) is 3. The predicted octanol–water partition coefficient (Wildman–Crippen LogP) is 9.38. The third-order valence-corrected chi connectivity index (χ3v) is 9.96. The molecule has 1 heterocycles. The lowest BCUT2D eigenvalue weighted by Crippen LogP contribution is -2.43. The highest BCUT2D eigenvalue weighted by molar-refractivity contribution is 6.53. The summed E-state index contributed by atoms with van der Waals surface area (Å²) in [6, 6.07) is 10.8. The molecule has 4 amide bonds. The summed E-state index contributed by atoms with van der Waals surface area (Å²) in [5.74, 6) is -1.66. The number of hydrogen-bond donors (Lipinski definition) is 0. The smallest absolute Gasteiger partial charge is 0.349 e. The molecule has 0 fully saturated rings. The molecule has 0 saturated carbocycles. The summed E-state index contributed by atoms with van der Waals surface area (Å²) in [7, 11) is 1.64. The van der Waals surface area contributed by atoms with E-state index in [2.05, 4.69) is 26.1 Å². The van der Waals surface area contributed by atoms with Crippen molar-refractivity contribution >= 4 is 105 Å². The monoisotopic (exact) mass is 883 g/mol. The molecule has 1 aliphatic carbocycles. The second-order valence-electron chi connectivity index (χ2n) is 12.8. The molecule has 1 unspecified atom stereocenters. The van der Waals surface area contributed by atoms with Crippen LogP contribution in [0.3, 0.4) is 0 Å². The number of anilines is 2. The van der Waals surface area contributed by atoms with Crippen molar-refractivity contribution in [2.45, 2.75) is 70.7 Å². The van der Waals surface area contributed by atoms with Crippen LogP contribution in [-0.2, 0) is 39.9 Å². The molecule has 0 N–H and O–H groups in total. The zero-order chi connectivity index (χ0) is 42.8. The summed E-state index contributed by atoms with van der Waals surface area (Å²) in [4.78, 5) is 63.8. The van der Waals surface area contributed by atoms with Gasteiger partial charge in [0.25, 0.3) is 17.7 Å². The van der Waals surface area contributed by atoms with Gasteiger partial charge in [-0.1, -0.05) is 83.7 Å². The highest BCUT2D eigenvalue weighted by Crippen LogP contribution is 2.37. The van der Waals surface area contributed by atoms with Crippen molar-refractivity contribution in [2.24, 2.45) is 0 Å². The number of carbonyl (C=O) groups is 5. The van der Waals surface area contributed by atoms with Gasteiger partial charge >= 0.3 is 5.97 Å². The minimum atomic E-state index is -1.01. The van der Waals surface area contributed by atoms with E-state index in [1.165, 1.54) is 15.9 Å². The lowest BCUT2D eigenvalue weighted by Gasteiger charge is -2.31.